The minimum absolute atomic E-state index is 0.00315. The molecule has 1 rings (SSSR count). The van der Waals surface area contributed by atoms with Crippen LogP contribution in [0.5, 0.6) is 0 Å². The maximum atomic E-state index is 9.15. The van der Waals surface area contributed by atoms with Gasteiger partial charge in [-0.05, 0) is 12.0 Å². The lowest BCUT2D eigenvalue weighted by Gasteiger charge is -2.15. The van der Waals surface area contributed by atoms with Crippen LogP contribution in [-0.4, -0.2) is 38.3 Å². The summed E-state index contributed by atoms with van der Waals surface area (Å²) in [5.74, 6) is 0. The first-order valence-corrected chi connectivity index (χ1v) is 5.70. The highest BCUT2D eigenvalue weighted by Crippen LogP contribution is 2.05. The Hall–Kier alpha value is -0.940. The van der Waals surface area contributed by atoms with E-state index in [1.807, 2.05) is 30.3 Å². The van der Waals surface area contributed by atoms with E-state index in [4.69, 9.17) is 19.3 Å². The zero-order chi connectivity index (χ0) is 12.3. The molecule has 1 N–H and O–H groups in total. The lowest BCUT2D eigenvalue weighted by Crippen LogP contribution is -2.20. The van der Waals surface area contributed by atoms with Crippen LogP contribution >= 0.6 is 0 Å². The number of methoxy groups -OCH3 is 1. The number of hydrogen-bond donors (Lipinski definition) is 1. The Bertz CT molecular complexity index is 276. The third-order valence-electron chi connectivity index (χ3n) is 2.32. The van der Waals surface area contributed by atoms with Crippen molar-refractivity contribution in [1.29, 1.82) is 0 Å². The van der Waals surface area contributed by atoms with Gasteiger partial charge in [0.2, 0.25) is 0 Å². The highest BCUT2D eigenvalue weighted by molar-refractivity contribution is 5.13. The van der Waals surface area contributed by atoms with Gasteiger partial charge in [0.1, 0.15) is 6.79 Å². The predicted molar refractivity (Wildman–Crippen MR) is 64.5 cm³/mol. The minimum Gasteiger partial charge on any atom is -0.394 e. The Morgan fingerprint density at radius 1 is 1.24 bits per heavy atom. The normalized spacial score (nSPS) is 12.6. The zero-order valence-corrected chi connectivity index (χ0v) is 10.2. The van der Waals surface area contributed by atoms with Crippen molar-refractivity contribution in [3.63, 3.8) is 0 Å². The van der Waals surface area contributed by atoms with Crippen LogP contribution in [0, 0.1) is 0 Å². The summed E-state index contributed by atoms with van der Waals surface area (Å²) >= 11 is 0. The average molecular weight is 240 g/mol. The van der Waals surface area contributed by atoms with E-state index in [2.05, 4.69) is 0 Å². The standard InChI is InChI=1S/C13H20O4/c1-15-11-16-8-7-13(9-14)17-10-12-5-3-2-4-6-12/h2-6,13-14H,7-11H2,1H3/t13-/m0/s1. The van der Waals surface area contributed by atoms with Crippen LogP contribution in [-0.2, 0) is 20.8 Å². The van der Waals surface area contributed by atoms with E-state index in [0.29, 0.717) is 19.6 Å². The molecule has 4 heteroatoms. The van der Waals surface area contributed by atoms with Crippen LogP contribution in [0.4, 0.5) is 0 Å². The molecule has 1 aromatic rings. The van der Waals surface area contributed by atoms with Crippen molar-refractivity contribution in [3.05, 3.63) is 35.9 Å². The molecule has 0 unspecified atom stereocenters. The van der Waals surface area contributed by atoms with Crippen LogP contribution < -0.4 is 0 Å². The fraction of sp³-hybridized carbons (Fsp3) is 0.538. The highest BCUT2D eigenvalue weighted by Gasteiger charge is 2.07. The minimum atomic E-state index is -0.188. The van der Waals surface area contributed by atoms with Gasteiger partial charge in [-0.2, -0.15) is 0 Å². The van der Waals surface area contributed by atoms with E-state index in [1.54, 1.807) is 7.11 Å². The van der Waals surface area contributed by atoms with E-state index in [0.717, 1.165) is 5.56 Å². The first kappa shape index (κ1) is 14.1. The molecule has 96 valence electrons. The van der Waals surface area contributed by atoms with Gasteiger partial charge in [-0.25, -0.2) is 0 Å². The van der Waals surface area contributed by atoms with E-state index >= 15 is 0 Å². The summed E-state index contributed by atoms with van der Waals surface area (Å²) < 4.78 is 15.5. The molecule has 0 heterocycles. The first-order chi connectivity index (χ1) is 8.36. The van der Waals surface area contributed by atoms with Crippen molar-refractivity contribution < 1.29 is 19.3 Å². The molecule has 0 amide bonds. The summed E-state index contributed by atoms with van der Waals surface area (Å²) in [4.78, 5) is 0. The quantitative estimate of drug-likeness (QED) is 0.526. The third-order valence-corrected chi connectivity index (χ3v) is 2.32. The van der Waals surface area contributed by atoms with Crippen molar-refractivity contribution in [2.45, 2.75) is 19.1 Å². The molecule has 0 aliphatic carbocycles. The van der Waals surface area contributed by atoms with E-state index in [1.165, 1.54) is 0 Å². The predicted octanol–water partition coefficient (Wildman–Crippen LogP) is 1.57. The summed E-state index contributed by atoms with van der Waals surface area (Å²) in [6.45, 7) is 1.31. The van der Waals surface area contributed by atoms with Gasteiger partial charge in [0.15, 0.2) is 0 Å². The summed E-state index contributed by atoms with van der Waals surface area (Å²) in [6, 6.07) is 9.89. The van der Waals surface area contributed by atoms with Crippen LogP contribution in [0.2, 0.25) is 0 Å². The second kappa shape index (κ2) is 9.13. The van der Waals surface area contributed by atoms with Crippen molar-refractivity contribution in [1.82, 2.24) is 0 Å². The molecule has 0 aromatic heterocycles. The topological polar surface area (TPSA) is 47.9 Å². The summed E-state index contributed by atoms with van der Waals surface area (Å²) in [6.07, 6.45) is 0.472. The molecular formula is C13H20O4. The Morgan fingerprint density at radius 3 is 2.65 bits per heavy atom. The number of hydrogen-bond acceptors (Lipinski definition) is 4. The van der Waals surface area contributed by atoms with Gasteiger partial charge in [0.05, 0.1) is 25.9 Å². The second-order valence-corrected chi connectivity index (χ2v) is 3.70. The fourth-order valence-electron chi connectivity index (χ4n) is 1.37. The van der Waals surface area contributed by atoms with E-state index < -0.39 is 0 Å². The second-order valence-electron chi connectivity index (χ2n) is 3.70. The average Bonchev–Trinajstić information content (AvgIpc) is 2.39. The fourth-order valence-corrected chi connectivity index (χ4v) is 1.37. The molecule has 0 bridgehead atoms. The molecule has 4 nitrogen and oxygen atoms in total. The molecule has 0 aliphatic heterocycles. The molecule has 0 fully saturated rings. The number of aliphatic hydroxyl groups is 1. The number of rotatable bonds is 9. The zero-order valence-electron chi connectivity index (χ0n) is 10.2. The van der Waals surface area contributed by atoms with E-state index in [9.17, 15) is 0 Å². The lowest BCUT2D eigenvalue weighted by molar-refractivity contribution is -0.0588. The van der Waals surface area contributed by atoms with Crippen molar-refractivity contribution in [2.24, 2.45) is 0 Å². The Morgan fingerprint density at radius 2 is 2.00 bits per heavy atom. The molecule has 1 aromatic carbocycles. The van der Waals surface area contributed by atoms with Gasteiger partial charge in [0, 0.05) is 7.11 Å². The molecule has 0 saturated carbocycles. The van der Waals surface area contributed by atoms with Gasteiger partial charge >= 0.3 is 0 Å². The molecule has 0 radical (unpaired) electrons. The molecule has 0 saturated heterocycles. The Balaban J connectivity index is 2.18. The van der Waals surface area contributed by atoms with Crippen LogP contribution in [0.15, 0.2) is 30.3 Å². The van der Waals surface area contributed by atoms with Crippen LogP contribution in [0.1, 0.15) is 12.0 Å². The summed E-state index contributed by atoms with van der Waals surface area (Å²) in [5.41, 5.74) is 1.10. The van der Waals surface area contributed by atoms with Crippen molar-refractivity contribution in [3.8, 4) is 0 Å². The van der Waals surface area contributed by atoms with Gasteiger partial charge in [-0.1, -0.05) is 30.3 Å². The largest absolute Gasteiger partial charge is 0.394 e. The van der Waals surface area contributed by atoms with Gasteiger partial charge < -0.3 is 19.3 Å². The molecular weight excluding hydrogens is 220 g/mol. The maximum Gasteiger partial charge on any atom is 0.146 e. The maximum absolute atomic E-state index is 9.15. The van der Waals surface area contributed by atoms with Crippen LogP contribution in [0.3, 0.4) is 0 Å². The van der Waals surface area contributed by atoms with Gasteiger partial charge in [-0.3, -0.25) is 0 Å². The van der Waals surface area contributed by atoms with Gasteiger partial charge in [0.25, 0.3) is 0 Å². The lowest BCUT2D eigenvalue weighted by atomic mass is 10.2. The Labute approximate surface area is 102 Å². The number of aliphatic hydroxyl groups excluding tert-OH is 1. The third kappa shape index (κ3) is 6.38. The molecule has 0 spiro atoms. The van der Waals surface area contributed by atoms with Gasteiger partial charge in [-0.15, -0.1) is 0 Å². The highest BCUT2D eigenvalue weighted by atomic mass is 16.7. The smallest absolute Gasteiger partial charge is 0.146 e. The van der Waals surface area contributed by atoms with Crippen molar-refractivity contribution in [2.75, 3.05) is 27.1 Å². The Kier molecular flexibility index (Phi) is 7.58. The molecule has 1 atom stereocenters. The summed E-state index contributed by atoms with van der Waals surface area (Å²) in [5, 5.41) is 9.15. The first-order valence-electron chi connectivity index (χ1n) is 5.70. The number of benzene rings is 1. The van der Waals surface area contributed by atoms with E-state index in [-0.39, 0.29) is 19.5 Å². The molecule has 17 heavy (non-hydrogen) atoms. The van der Waals surface area contributed by atoms with Crippen LogP contribution in [0.25, 0.3) is 0 Å². The number of ether oxygens (including phenoxy) is 3. The summed E-state index contributed by atoms with van der Waals surface area (Å²) in [7, 11) is 1.58. The monoisotopic (exact) mass is 240 g/mol. The molecule has 0 aliphatic rings. The SMILES string of the molecule is COCOCC[C@@H](CO)OCc1ccccc1. The van der Waals surface area contributed by atoms with Crippen molar-refractivity contribution >= 4 is 0 Å².